The van der Waals surface area contributed by atoms with Crippen LogP contribution in [0.1, 0.15) is 85.9 Å². The summed E-state index contributed by atoms with van der Waals surface area (Å²) in [5, 5.41) is 13.5. The molecule has 19 rings (SSSR count). The van der Waals surface area contributed by atoms with Crippen LogP contribution < -0.4 is 21.3 Å². The van der Waals surface area contributed by atoms with E-state index in [0.717, 1.165) is 149 Å². The van der Waals surface area contributed by atoms with Crippen molar-refractivity contribution >= 4 is 143 Å². The Morgan fingerprint density at radius 1 is 0.316 bits per heavy atom. The Morgan fingerprint density at radius 3 is 1.45 bits per heavy atom. The van der Waals surface area contributed by atoms with E-state index in [2.05, 4.69) is 317 Å². The highest BCUT2D eigenvalue weighted by atomic mass is 15.2. The fourth-order valence-electron chi connectivity index (χ4n) is 16.5. The molecule has 0 fully saturated rings. The second-order valence-electron chi connectivity index (χ2n) is 29.7. The van der Waals surface area contributed by atoms with E-state index < -0.39 is 12.8 Å². The van der Waals surface area contributed by atoms with Crippen molar-refractivity contribution in [3.8, 4) is 33.6 Å². The molecule has 2 aliphatic rings. The van der Waals surface area contributed by atoms with Gasteiger partial charge in [0.2, 0.25) is 0 Å². The molecule has 95 heavy (non-hydrogen) atoms. The van der Waals surface area contributed by atoms with Crippen LogP contribution >= 0.6 is 0 Å². The zero-order valence-corrected chi connectivity index (χ0v) is 54.9. The molecule has 0 radical (unpaired) electrons. The molecule has 17 aromatic rings. The number of hydrogen-bond acceptors (Lipinski definition) is 1. The van der Waals surface area contributed by atoms with Gasteiger partial charge in [0.25, 0.3) is 6.71 Å². The van der Waals surface area contributed by atoms with Crippen LogP contribution in [0.3, 0.4) is 0 Å². The molecule has 6 heterocycles. The van der Waals surface area contributed by atoms with Gasteiger partial charge in [0.15, 0.2) is 0 Å². The van der Waals surface area contributed by atoms with Crippen molar-refractivity contribution in [2.45, 2.75) is 78.6 Å². The van der Waals surface area contributed by atoms with Gasteiger partial charge < -0.3 is 18.4 Å². The number of rotatable bonds is 4. The topological polar surface area (TPSA) is 17.5 Å². The quantitative estimate of drug-likeness (QED) is 0.161. The highest BCUT2D eigenvalue weighted by Gasteiger charge is 2.45. The summed E-state index contributed by atoms with van der Waals surface area (Å²) >= 11 is 0. The molecule has 0 saturated heterocycles. The number of nitrogens with zero attached hydrogens (tertiary/aromatic N) is 4. The van der Waals surface area contributed by atoms with Crippen LogP contribution in [-0.4, -0.2) is 20.2 Å². The Labute approximate surface area is 561 Å². The molecule has 0 N–H and O–H groups in total. The van der Waals surface area contributed by atoms with Crippen LogP contribution in [0, 0.1) is 0 Å². The van der Waals surface area contributed by atoms with Crippen LogP contribution in [0.15, 0.2) is 267 Å². The van der Waals surface area contributed by atoms with Gasteiger partial charge in [-0.3, -0.25) is 0 Å². The molecule has 4 aromatic heterocycles. The lowest BCUT2D eigenvalue weighted by atomic mass is 9.33. The van der Waals surface area contributed by atoms with Gasteiger partial charge in [0, 0.05) is 71.4 Å². The fourth-order valence-corrected chi connectivity index (χ4v) is 16.5. The average molecular weight is 1220 g/mol. The minimum atomic E-state index is -0.452. The molecule has 5 heteroatoms. The van der Waals surface area contributed by atoms with Crippen LogP contribution in [0.4, 0.5) is 17.1 Å². The van der Waals surface area contributed by atoms with Crippen molar-refractivity contribution in [1.29, 1.82) is 0 Å². The lowest BCUT2D eigenvalue weighted by molar-refractivity contribution is 0.590. The highest BCUT2D eigenvalue weighted by Crippen LogP contribution is 2.51. The fraction of sp³-hybridized carbons (Fsp3) is 0.133. The molecule has 2 aliphatic heterocycles. The van der Waals surface area contributed by atoms with Gasteiger partial charge in [0.1, 0.15) is 0 Å². The standard InChI is InChI=1S/C90H71BN4/c1-88(2,3)58-37-44-77-70(49-58)71-50-59(89(4,5)6)38-45-78(71)92(77)62-42-43-74-80(52-62)93(61-40-35-56(36-41-61)54-23-12-10-13-24-54)87-83-69-33-22-32-68-66-30-19-17-28-64(66)63-27-16-18-29-65(63)67-31-20-21-34-76(67)94(85(68)69)81(83)53-82-84(87)91(74)75-48-57(55-25-14-11-15-26-55)47-73-72-51-60(90(7,8)9)39-46-79(72)95(82)86(73)75/h10-53H,1-9H3/i11D,14D,15D,25D,26D. The largest absolute Gasteiger partial charge is 0.311 e. The van der Waals surface area contributed by atoms with E-state index in [-0.39, 0.29) is 46.0 Å². The molecular weight excluding hydrogens is 1150 g/mol. The summed E-state index contributed by atoms with van der Waals surface area (Å²) in [6, 6.07) is 86.8. The van der Waals surface area contributed by atoms with Crippen molar-refractivity contribution in [3.05, 3.63) is 283 Å². The Hall–Kier alpha value is -10.9. The monoisotopic (exact) mass is 1220 g/mol. The summed E-state index contributed by atoms with van der Waals surface area (Å²) in [4.78, 5) is 2.58. The first-order valence-corrected chi connectivity index (χ1v) is 33.4. The second kappa shape index (κ2) is 19.8. The van der Waals surface area contributed by atoms with E-state index in [1.807, 2.05) is 0 Å². The van der Waals surface area contributed by atoms with Gasteiger partial charge in [-0.2, -0.15) is 0 Å². The molecule has 0 unspecified atom stereocenters. The number of anilines is 3. The summed E-state index contributed by atoms with van der Waals surface area (Å²) in [5.41, 5.74) is 22.1. The van der Waals surface area contributed by atoms with E-state index in [0.29, 0.717) is 5.56 Å². The molecule has 4 nitrogen and oxygen atoms in total. The number of aromatic nitrogens is 3. The third-order valence-corrected chi connectivity index (χ3v) is 21.1. The normalized spacial score (nSPS) is 14.0. The average Bonchev–Trinajstić information content (AvgIpc) is 1.41. The predicted octanol–water partition coefficient (Wildman–Crippen LogP) is 22.3. The van der Waals surface area contributed by atoms with E-state index in [1.54, 1.807) is 0 Å². The first kappa shape index (κ1) is 50.7. The third kappa shape index (κ3) is 8.08. The van der Waals surface area contributed by atoms with Crippen LogP contribution in [0.2, 0.25) is 0 Å². The van der Waals surface area contributed by atoms with Crippen molar-refractivity contribution in [2.75, 3.05) is 4.90 Å². The smallest absolute Gasteiger partial charge is 0.252 e. The van der Waals surface area contributed by atoms with Crippen molar-refractivity contribution < 1.29 is 6.85 Å². The molecule has 0 atom stereocenters. The maximum Gasteiger partial charge on any atom is 0.252 e. The Kier molecular flexibility index (Phi) is 10.6. The minimum absolute atomic E-state index is 0.0904. The molecule has 13 aromatic carbocycles. The van der Waals surface area contributed by atoms with E-state index in [9.17, 15) is 2.74 Å². The second-order valence-corrected chi connectivity index (χ2v) is 29.7. The highest BCUT2D eigenvalue weighted by molar-refractivity contribution is 7.00. The van der Waals surface area contributed by atoms with Crippen LogP contribution in [0.5, 0.6) is 0 Å². The zero-order valence-electron chi connectivity index (χ0n) is 59.9. The summed E-state index contributed by atoms with van der Waals surface area (Å²) in [6.45, 7) is 20.1. The van der Waals surface area contributed by atoms with Gasteiger partial charge >= 0.3 is 0 Å². The lowest BCUT2D eigenvalue weighted by Crippen LogP contribution is -2.60. The van der Waals surface area contributed by atoms with Crippen molar-refractivity contribution in [3.63, 3.8) is 0 Å². The lowest BCUT2D eigenvalue weighted by Gasteiger charge is -2.41. The zero-order chi connectivity index (χ0) is 68.5. The van der Waals surface area contributed by atoms with Gasteiger partial charge in [-0.25, -0.2) is 0 Å². The Morgan fingerprint density at radius 2 is 0.832 bits per heavy atom. The molecule has 0 aliphatic carbocycles. The van der Waals surface area contributed by atoms with E-state index in [4.69, 9.17) is 4.11 Å². The SMILES string of the molecule is [2H]c1c([2H])c([2H])c(-c2cc3c4c(c2)c2cc(C(C)(C)C)ccc2n4-c2cc4c(c5c2B3c2ccc(-n3c6ccc(C(C)(C)C)cc6c6cc(C(C)(C)C)ccc63)cc2N5c2ccc(-c3ccccc3)cc2)c2cccc3c5ccccc5c5ccccc5c5ccccc5n4c32)c([2H])c1[2H]. The Balaban J connectivity index is 1.04. The first-order chi connectivity index (χ1) is 48.1. The summed E-state index contributed by atoms with van der Waals surface area (Å²) in [6.07, 6.45) is 0. The molecular formula is C90H71BN4. The summed E-state index contributed by atoms with van der Waals surface area (Å²) < 4.78 is 54.0. The van der Waals surface area contributed by atoms with Crippen molar-refractivity contribution in [1.82, 2.24) is 13.5 Å². The van der Waals surface area contributed by atoms with Gasteiger partial charge in [0.05, 0.1) is 45.6 Å². The number of hydrogen-bond donors (Lipinski definition) is 0. The maximum atomic E-state index is 9.67. The summed E-state index contributed by atoms with van der Waals surface area (Å²) in [7, 11) is 0. The predicted molar refractivity (Wildman–Crippen MR) is 409 cm³/mol. The van der Waals surface area contributed by atoms with E-state index >= 15 is 0 Å². The molecule has 454 valence electrons. The van der Waals surface area contributed by atoms with Crippen molar-refractivity contribution in [2.24, 2.45) is 0 Å². The number of benzene rings is 13. The maximum absolute atomic E-state index is 9.67. The molecule has 0 saturated carbocycles. The van der Waals surface area contributed by atoms with Gasteiger partial charge in [-0.15, -0.1) is 0 Å². The molecule has 0 bridgehead atoms. The summed E-state index contributed by atoms with van der Waals surface area (Å²) in [5.74, 6) is 0. The van der Waals surface area contributed by atoms with Crippen LogP contribution in [0.25, 0.3) is 137 Å². The number of para-hydroxylation sites is 2. The first-order valence-electron chi connectivity index (χ1n) is 35.9. The van der Waals surface area contributed by atoms with Crippen LogP contribution in [-0.2, 0) is 16.2 Å². The Bertz CT molecular complexity index is 6430. The minimum Gasteiger partial charge on any atom is -0.311 e. The van der Waals surface area contributed by atoms with E-state index in [1.165, 1.54) is 27.3 Å². The number of fused-ring (bicyclic) bond motifs is 21. The molecule has 0 amide bonds. The third-order valence-electron chi connectivity index (χ3n) is 21.1. The van der Waals surface area contributed by atoms with Gasteiger partial charge in [-0.05, 0) is 172 Å². The van der Waals surface area contributed by atoms with Gasteiger partial charge in [-0.1, -0.05) is 250 Å². The molecule has 0 spiro atoms.